The lowest BCUT2D eigenvalue weighted by atomic mass is 10.1. The van der Waals surface area contributed by atoms with Crippen LogP contribution in [0.3, 0.4) is 0 Å². The van der Waals surface area contributed by atoms with Gasteiger partial charge in [-0.2, -0.15) is 0 Å². The lowest BCUT2D eigenvalue weighted by molar-refractivity contribution is -0.145. The van der Waals surface area contributed by atoms with E-state index in [0.29, 0.717) is 0 Å². The highest BCUT2D eigenvalue weighted by Crippen LogP contribution is 2.04. The van der Waals surface area contributed by atoms with Gasteiger partial charge in [-0.3, -0.25) is 9.59 Å². The van der Waals surface area contributed by atoms with Crippen LogP contribution < -0.4 is 16.0 Å². The number of benzene rings is 2. The minimum atomic E-state index is -0.886. The molecule has 1 atom stereocenters. The summed E-state index contributed by atoms with van der Waals surface area (Å²) >= 11 is 0. The van der Waals surface area contributed by atoms with Crippen molar-refractivity contribution >= 4 is 23.9 Å². The van der Waals surface area contributed by atoms with E-state index in [4.69, 9.17) is 9.47 Å². The molecule has 2 rings (SSSR count). The molecule has 164 valence electrons. The molecule has 3 N–H and O–H groups in total. The molecule has 3 amide bonds. The molecule has 0 aromatic heterocycles. The van der Waals surface area contributed by atoms with Crippen LogP contribution in [0.5, 0.6) is 0 Å². The van der Waals surface area contributed by atoms with E-state index in [1.165, 1.54) is 7.11 Å². The Balaban J connectivity index is 1.70. The number of hydrogen-bond acceptors (Lipinski definition) is 6. The minimum Gasteiger partial charge on any atom is -0.467 e. The highest BCUT2D eigenvalue weighted by atomic mass is 16.5. The first kappa shape index (κ1) is 23.4. The first-order valence-electron chi connectivity index (χ1n) is 9.60. The number of methoxy groups -OCH3 is 1. The SMILES string of the molecule is COC(=O)C(Cc1ccccc1)NC(=O)CNC(=O)CNC(=O)OCc1ccccc1. The van der Waals surface area contributed by atoms with Crippen molar-refractivity contribution < 1.29 is 28.7 Å². The van der Waals surface area contributed by atoms with Gasteiger partial charge in [0.2, 0.25) is 11.8 Å². The maximum Gasteiger partial charge on any atom is 0.407 e. The standard InChI is InChI=1S/C22H25N3O6/c1-30-21(28)18(12-16-8-4-2-5-9-16)25-20(27)14-23-19(26)13-24-22(29)31-15-17-10-6-3-7-11-17/h2-11,18H,12-15H2,1H3,(H,23,26)(H,24,29)(H,25,27). The van der Waals surface area contributed by atoms with E-state index in [9.17, 15) is 19.2 Å². The lowest BCUT2D eigenvalue weighted by Gasteiger charge is -2.17. The van der Waals surface area contributed by atoms with Crippen LogP contribution >= 0.6 is 0 Å². The Hall–Kier alpha value is -3.88. The summed E-state index contributed by atoms with van der Waals surface area (Å²) in [6.07, 6.45) is -0.501. The largest absolute Gasteiger partial charge is 0.467 e. The molecule has 2 aromatic rings. The van der Waals surface area contributed by atoms with Crippen LogP contribution in [-0.4, -0.2) is 50.1 Å². The van der Waals surface area contributed by atoms with Gasteiger partial charge in [-0.25, -0.2) is 9.59 Å². The molecule has 0 heterocycles. The zero-order valence-electron chi connectivity index (χ0n) is 17.1. The molecule has 0 spiro atoms. The number of esters is 1. The molecular formula is C22H25N3O6. The van der Waals surface area contributed by atoms with Crippen molar-refractivity contribution in [3.8, 4) is 0 Å². The quantitative estimate of drug-likeness (QED) is 0.485. The molecule has 0 saturated carbocycles. The number of ether oxygens (including phenoxy) is 2. The van der Waals surface area contributed by atoms with E-state index in [1.54, 1.807) is 12.1 Å². The van der Waals surface area contributed by atoms with Gasteiger partial charge in [0.05, 0.1) is 13.7 Å². The number of amides is 3. The Bertz CT molecular complexity index is 873. The normalized spacial score (nSPS) is 11.0. The van der Waals surface area contributed by atoms with Crippen LogP contribution in [0.25, 0.3) is 0 Å². The van der Waals surface area contributed by atoms with Crippen molar-refractivity contribution in [2.75, 3.05) is 20.2 Å². The fourth-order valence-corrected chi connectivity index (χ4v) is 2.60. The average Bonchev–Trinajstić information content (AvgIpc) is 2.80. The second-order valence-electron chi connectivity index (χ2n) is 6.52. The third kappa shape index (κ3) is 8.99. The van der Waals surface area contributed by atoms with Gasteiger partial charge in [-0.15, -0.1) is 0 Å². The van der Waals surface area contributed by atoms with Gasteiger partial charge in [0.1, 0.15) is 19.2 Å². The maximum absolute atomic E-state index is 12.1. The molecule has 1 unspecified atom stereocenters. The average molecular weight is 427 g/mol. The summed E-state index contributed by atoms with van der Waals surface area (Å²) in [6.45, 7) is -0.639. The summed E-state index contributed by atoms with van der Waals surface area (Å²) in [5.74, 6) is -1.73. The fourth-order valence-electron chi connectivity index (χ4n) is 2.60. The Morgan fingerprint density at radius 2 is 1.39 bits per heavy atom. The van der Waals surface area contributed by atoms with E-state index in [0.717, 1.165) is 11.1 Å². The topological polar surface area (TPSA) is 123 Å². The highest BCUT2D eigenvalue weighted by molar-refractivity contribution is 5.89. The predicted octanol–water partition coefficient (Wildman–Crippen LogP) is 0.930. The summed E-state index contributed by atoms with van der Waals surface area (Å²) in [6, 6.07) is 17.3. The van der Waals surface area contributed by atoms with Crippen molar-refractivity contribution in [1.82, 2.24) is 16.0 Å². The van der Waals surface area contributed by atoms with Crippen molar-refractivity contribution in [2.24, 2.45) is 0 Å². The Morgan fingerprint density at radius 3 is 2.00 bits per heavy atom. The van der Waals surface area contributed by atoms with Crippen molar-refractivity contribution in [1.29, 1.82) is 0 Å². The second kappa shape index (κ2) is 12.6. The van der Waals surface area contributed by atoms with Gasteiger partial charge in [0.25, 0.3) is 0 Å². The van der Waals surface area contributed by atoms with Crippen LogP contribution in [0.4, 0.5) is 4.79 Å². The number of carbonyl (C=O) groups excluding carboxylic acids is 4. The van der Waals surface area contributed by atoms with Gasteiger partial charge in [0.15, 0.2) is 0 Å². The van der Waals surface area contributed by atoms with Crippen molar-refractivity contribution in [3.63, 3.8) is 0 Å². The van der Waals surface area contributed by atoms with E-state index in [-0.39, 0.29) is 26.1 Å². The van der Waals surface area contributed by atoms with Gasteiger partial charge >= 0.3 is 12.1 Å². The molecule has 0 aliphatic carbocycles. The highest BCUT2D eigenvalue weighted by Gasteiger charge is 2.22. The van der Waals surface area contributed by atoms with Gasteiger partial charge in [-0.1, -0.05) is 60.7 Å². The molecule has 9 heteroatoms. The smallest absolute Gasteiger partial charge is 0.407 e. The molecule has 0 saturated heterocycles. The van der Waals surface area contributed by atoms with Crippen LogP contribution in [0.15, 0.2) is 60.7 Å². The monoisotopic (exact) mass is 427 g/mol. The summed E-state index contributed by atoms with van der Waals surface area (Å²) in [5.41, 5.74) is 1.66. The van der Waals surface area contributed by atoms with E-state index in [1.807, 2.05) is 48.5 Å². The first-order valence-corrected chi connectivity index (χ1v) is 9.60. The van der Waals surface area contributed by atoms with Crippen molar-refractivity contribution in [2.45, 2.75) is 19.1 Å². The number of hydrogen-bond donors (Lipinski definition) is 3. The number of carbonyl (C=O) groups is 4. The zero-order chi connectivity index (χ0) is 22.5. The molecule has 0 bridgehead atoms. The van der Waals surface area contributed by atoms with Crippen LogP contribution in [0.2, 0.25) is 0 Å². The maximum atomic E-state index is 12.1. The summed E-state index contributed by atoms with van der Waals surface area (Å²) in [7, 11) is 1.23. The zero-order valence-corrected chi connectivity index (χ0v) is 17.1. The predicted molar refractivity (Wildman–Crippen MR) is 112 cm³/mol. The Labute approximate surface area is 180 Å². The number of nitrogens with one attached hydrogen (secondary N) is 3. The molecular weight excluding hydrogens is 402 g/mol. The molecule has 0 aliphatic rings. The van der Waals surface area contributed by atoms with E-state index < -0.39 is 29.9 Å². The molecule has 9 nitrogen and oxygen atoms in total. The van der Waals surface area contributed by atoms with Crippen LogP contribution in [0.1, 0.15) is 11.1 Å². The van der Waals surface area contributed by atoms with Gasteiger partial charge in [0, 0.05) is 6.42 Å². The third-order valence-corrected chi connectivity index (χ3v) is 4.16. The summed E-state index contributed by atoms with van der Waals surface area (Å²) < 4.78 is 9.72. The molecule has 0 aliphatic heterocycles. The summed E-state index contributed by atoms with van der Waals surface area (Å²) in [5, 5.41) is 7.20. The summed E-state index contributed by atoms with van der Waals surface area (Å²) in [4.78, 5) is 47.5. The van der Waals surface area contributed by atoms with Crippen molar-refractivity contribution in [3.05, 3.63) is 71.8 Å². The lowest BCUT2D eigenvalue weighted by Crippen LogP contribution is -2.48. The number of alkyl carbamates (subject to hydrolysis) is 1. The number of rotatable bonds is 10. The first-order chi connectivity index (χ1) is 15.0. The molecule has 0 fully saturated rings. The van der Waals surface area contributed by atoms with Crippen LogP contribution in [0, 0.1) is 0 Å². The van der Waals surface area contributed by atoms with Gasteiger partial charge < -0.3 is 25.4 Å². The fraction of sp³-hybridized carbons (Fsp3) is 0.273. The molecule has 2 aromatic carbocycles. The Kier molecular flexibility index (Phi) is 9.54. The van der Waals surface area contributed by atoms with Gasteiger partial charge in [-0.05, 0) is 11.1 Å². The molecule has 31 heavy (non-hydrogen) atoms. The van der Waals surface area contributed by atoms with E-state index >= 15 is 0 Å². The van der Waals surface area contributed by atoms with Crippen LogP contribution in [-0.2, 0) is 36.9 Å². The Morgan fingerprint density at radius 1 is 0.806 bits per heavy atom. The second-order valence-corrected chi connectivity index (χ2v) is 6.52. The minimum absolute atomic E-state index is 0.0764. The third-order valence-electron chi connectivity index (χ3n) is 4.16. The van der Waals surface area contributed by atoms with E-state index in [2.05, 4.69) is 16.0 Å². The molecule has 0 radical (unpaired) electrons.